The van der Waals surface area contributed by atoms with Crippen LogP contribution >= 0.6 is 0 Å². The van der Waals surface area contributed by atoms with Gasteiger partial charge < -0.3 is 10.0 Å². The Morgan fingerprint density at radius 2 is 1.92 bits per heavy atom. The van der Waals surface area contributed by atoms with Crippen molar-refractivity contribution in [3.8, 4) is 0 Å². The largest absolute Gasteiger partial charge is 0.393 e. The van der Waals surface area contributed by atoms with Crippen LogP contribution in [-0.4, -0.2) is 35.2 Å². The van der Waals surface area contributed by atoms with E-state index >= 15 is 0 Å². The van der Waals surface area contributed by atoms with Gasteiger partial charge in [0.15, 0.2) is 0 Å². The van der Waals surface area contributed by atoms with E-state index in [1.807, 2.05) is 0 Å². The van der Waals surface area contributed by atoms with E-state index in [1.165, 1.54) is 19.4 Å². The Morgan fingerprint density at radius 3 is 2.54 bits per heavy atom. The molecule has 0 aromatic heterocycles. The van der Waals surface area contributed by atoms with Gasteiger partial charge in [0.25, 0.3) is 0 Å². The molecule has 78 valence electrons. The van der Waals surface area contributed by atoms with E-state index in [4.69, 9.17) is 0 Å². The van der Waals surface area contributed by atoms with Crippen LogP contribution in [0.3, 0.4) is 0 Å². The molecule has 0 aliphatic carbocycles. The van der Waals surface area contributed by atoms with Gasteiger partial charge in [0, 0.05) is 12.6 Å². The van der Waals surface area contributed by atoms with Gasteiger partial charge in [-0.15, -0.1) is 0 Å². The lowest BCUT2D eigenvalue weighted by atomic mass is 10.1. The average Bonchev–Trinajstić information content (AvgIpc) is 2.34. The molecule has 1 atom stereocenters. The maximum Gasteiger partial charge on any atom is 0.0553 e. The fraction of sp³-hybridized carbons (Fsp3) is 1.00. The van der Waals surface area contributed by atoms with Gasteiger partial charge in [-0.05, 0) is 38.6 Å². The van der Waals surface area contributed by atoms with Crippen LogP contribution in [0.4, 0.5) is 0 Å². The molecule has 2 heteroatoms. The minimum atomic E-state index is -0.0423. The molecule has 0 bridgehead atoms. The first-order valence-corrected chi connectivity index (χ1v) is 5.70. The Labute approximate surface area is 81.9 Å². The summed E-state index contributed by atoms with van der Waals surface area (Å²) in [5, 5.41) is 9.51. The van der Waals surface area contributed by atoms with E-state index in [0.29, 0.717) is 0 Å². The normalized spacial score (nSPS) is 26.3. The molecule has 2 nitrogen and oxygen atoms in total. The van der Waals surface area contributed by atoms with Gasteiger partial charge in [0.1, 0.15) is 0 Å². The molecule has 0 saturated carbocycles. The van der Waals surface area contributed by atoms with Crippen molar-refractivity contribution in [1.82, 2.24) is 4.90 Å². The second-order valence-electron chi connectivity index (χ2n) is 4.09. The van der Waals surface area contributed by atoms with Crippen molar-refractivity contribution in [2.24, 2.45) is 0 Å². The van der Waals surface area contributed by atoms with Gasteiger partial charge in [-0.25, -0.2) is 0 Å². The monoisotopic (exact) mass is 185 g/mol. The Bertz CT molecular complexity index is 134. The first-order valence-electron chi connectivity index (χ1n) is 5.70. The number of hydrogen-bond donors (Lipinski definition) is 1. The number of aliphatic hydroxyl groups excluding tert-OH is 1. The van der Waals surface area contributed by atoms with Crippen molar-refractivity contribution in [1.29, 1.82) is 0 Å². The van der Waals surface area contributed by atoms with Crippen LogP contribution in [0.1, 0.15) is 46.0 Å². The minimum absolute atomic E-state index is 0.0423. The third kappa shape index (κ3) is 3.28. The fourth-order valence-electron chi connectivity index (χ4n) is 2.27. The van der Waals surface area contributed by atoms with Crippen LogP contribution in [-0.2, 0) is 0 Å². The van der Waals surface area contributed by atoms with E-state index in [9.17, 15) is 5.11 Å². The maximum atomic E-state index is 9.51. The van der Waals surface area contributed by atoms with Gasteiger partial charge >= 0.3 is 0 Å². The Hall–Kier alpha value is -0.0800. The predicted molar refractivity (Wildman–Crippen MR) is 55.8 cm³/mol. The Morgan fingerprint density at radius 1 is 1.23 bits per heavy atom. The van der Waals surface area contributed by atoms with Gasteiger partial charge in [-0.3, -0.25) is 0 Å². The SMILES string of the molecule is CCC(CC)N1CCCC(O)CC1. The molecule has 1 rings (SSSR count). The van der Waals surface area contributed by atoms with Crippen molar-refractivity contribution in [3.05, 3.63) is 0 Å². The zero-order valence-corrected chi connectivity index (χ0v) is 9.00. The molecule has 1 aliphatic heterocycles. The summed E-state index contributed by atoms with van der Waals surface area (Å²) in [6.07, 6.45) is 5.57. The Kier molecular flexibility index (Phi) is 4.74. The minimum Gasteiger partial charge on any atom is -0.393 e. The topological polar surface area (TPSA) is 23.5 Å². The van der Waals surface area contributed by atoms with Crippen LogP contribution in [0, 0.1) is 0 Å². The summed E-state index contributed by atoms with van der Waals surface area (Å²) in [6, 6.07) is 0.741. The molecular formula is C11H23NO. The van der Waals surface area contributed by atoms with Gasteiger partial charge in [-0.1, -0.05) is 13.8 Å². The molecule has 0 aromatic rings. The molecule has 1 saturated heterocycles. The molecule has 1 N–H and O–H groups in total. The predicted octanol–water partition coefficient (Wildman–Crippen LogP) is 2.02. The third-order valence-electron chi connectivity index (χ3n) is 3.19. The summed E-state index contributed by atoms with van der Waals surface area (Å²) in [6.45, 7) is 6.79. The molecule has 0 radical (unpaired) electrons. The van der Waals surface area contributed by atoms with Crippen molar-refractivity contribution in [3.63, 3.8) is 0 Å². The van der Waals surface area contributed by atoms with E-state index in [2.05, 4.69) is 18.7 Å². The van der Waals surface area contributed by atoms with Crippen LogP contribution in [0.2, 0.25) is 0 Å². The Balaban J connectivity index is 2.40. The summed E-state index contributed by atoms with van der Waals surface area (Å²) in [4.78, 5) is 2.55. The highest BCUT2D eigenvalue weighted by atomic mass is 16.3. The first kappa shape index (κ1) is 11.0. The van der Waals surface area contributed by atoms with Gasteiger partial charge in [-0.2, -0.15) is 0 Å². The zero-order valence-electron chi connectivity index (χ0n) is 9.00. The van der Waals surface area contributed by atoms with Gasteiger partial charge in [0.2, 0.25) is 0 Å². The highest BCUT2D eigenvalue weighted by Gasteiger charge is 2.19. The fourth-order valence-corrected chi connectivity index (χ4v) is 2.27. The van der Waals surface area contributed by atoms with Crippen molar-refractivity contribution in [2.75, 3.05) is 13.1 Å². The lowest BCUT2D eigenvalue weighted by Crippen LogP contribution is -2.35. The van der Waals surface area contributed by atoms with Crippen LogP contribution < -0.4 is 0 Å². The van der Waals surface area contributed by atoms with Crippen LogP contribution in [0.5, 0.6) is 0 Å². The number of nitrogens with zero attached hydrogens (tertiary/aromatic N) is 1. The second kappa shape index (κ2) is 5.61. The summed E-state index contributed by atoms with van der Waals surface area (Å²) in [5.74, 6) is 0. The molecule has 1 heterocycles. The number of likely N-dealkylation sites (tertiary alicyclic amines) is 1. The molecule has 1 aliphatic rings. The standard InChI is InChI=1S/C11H23NO/c1-3-10(4-2)12-8-5-6-11(13)7-9-12/h10-11,13H,3-9H2,1-2H3. The van der Waals surface area contributed by atoms with Crippen molar-refractivity contribution < 1.29 is 5.11 Å². The van der Waals surface area contributed by atoms with E-state index < -0.39 is 0 Å². The zero-order chi connectivity index (χ0) is 9.68. The summed E-state index contributed by atoms with van der Waals surface area (Å²) >= 11 is 0. The highest BCUT2D eigenvalue weighted by Crippen LogP contribution is 2.16. The lowest BCUT2D eigenvalue weighted by Gasteiger charge is -2.28. The molecule has 0 amide bonds. The van der Waals surface area contributed by atoms with Gasteiger partial charge in [0.05, 0.1) is 6.10 Å². The summed E-state index contributed by atoms with van der Waals surface area (Å²) in [7, 11) is 0. The molecule has 0 spiro atoms. The maximum absolute atomic E-state index is 9.51. The number of hydrogen-bond acceptors (Lipinski definition) is 2. The summed E-state index contributed by atoms with van der Waals surface area (Å²) in [5.41, 5.74) is 0. The van der Waals surface area contributed by atoms with Crippen molar-refractivity contribution >= 4 is 0 Å². The molecule has 0 aromatic carbocycles. The third-order valence-corrected chi connectivity index (χ3v) is 3.19. The van der Waals surface area contributed by atoms with Crippen molar-refractivity contribution in [2.45, 2.75) is 58.1 Å². The van der Waals surface area contributed by atoms with E-state index in [1.54, 1.807) is 0 Å². The molecule has 1 unspecified atom stereocenters. The lowest BCUT2D eigenvalue weighted by molar-refractivity contribution is 0.145. The molecule has 1 fully saturated rings. The number of aliphatic hydroxyl groups is 1. The highest BCUT2D eigenvalue weighted by molar-refractivity contribution is 4.74. The van der Waals surface area contributed by atoms with Crippen LogP contribution in [0.15, 0.2) is 0 Å². The first-order chi connectivity index (χ1) is 6.27. The molecular weight excluding hydrogens is 162 g/mol. The second-order valence-corrected chi connectivity index (χ2v) is 4.09. The quantitative estimate of drug-likeness (QED) is 0.727. The van der Waals surface area contributed by atoms with E-state index in [-0.39, 0.29) is 6.10 Å². The average molecular weight is 185 g/mol. The van der Waals surface area contributed by atoms with E-state index in [0.717, 1.165) is 31.8 Å². The van der Waals surface area contributed by atoms with Crippen LogP contribution in [0.25, 0.3) is 0 Å². The number of rotatable bonds is 3. The molecule has 13 heavy (non-hydrogen) atoms. The summed E-state index contributed by atoms with van der Waals surface area (Å²) < 4.78 is 0. The smallest absolute Gasteiger partial charge is 0.0553 e.